The van der Waals surface area contributed by atoms with Crippen LogP contribution in [0, 0.1) is 0 Å². The topological polar surface area (TPSA) is 70.7 Å². The number of hydrogen-bond donors (Lipinski definition) is 2. The Kier molecular flexibility index (Phi) is 8.51. The first kappa shape index (κ1) is 25.5. The molecule has 0 atom stereocenters. The summed E-state index contributed by atoms with van der Waals surface area (Å²) in [6.07, 6.45) is 3.97. The summed E-state index contributed by atoms with van der Waals surface area (Å²) in [5.74, 6) is 0.703. The number of nitrogens with zero attached hydrogens (tertiary/aromatic N) is 1. The summed E-state index contributed by atoms with van der Waals surface area (Å²) in [6.45, 7) is 11.1. The third-order valence-electron chi connectivity index (χ3n) is 6.42. The Bertz CT molecular complexity index is 1030. The Morgan fingerprint density at radius 3 is 2.21 bits per heavy atom. The van der Waals surface area contributed by atoms with Crippen LogP contribution in [0.3, 0.4) is 0 Å². The zero-order chi connectivity index (χ0) is 24.7. The van der Waals surface area contributed by atoms with Crippen LogP contribution in [0.25, 0.3) is 5.57 Å². The lowest BCUT2D eigenvalue weighted by Gasteiger charge is -2.40. The molecule has 182 valence electrons. The zero-order valence-electron chi connectivity index (χ0n) is 21.0. The van der Waals surface area contributed by atoms with Crippen LogP contribution in [0.4, 0.5) is 0 Å². The number of carbonyl (C=O) groups is 2. The second-order valence-electron chi connectivity index (χ2n) is 8.32. The van der Waals surface area contributed by atoms with Gasteiger partial charge in [-0.2, -0.15) is 0 Å². The van der Waals surface area contributed by atoms with Gasteiger partial charge < -0.3 is 20.3 Å². The number of nitrogens with one attached hydrogen (secondary N) is 2. The Balaban J connectivity index is 0.00000158. The zero-order valence-corrected chi connectivity index (χ0v) is 21.0. The van der Waals surface area contributed by atoms with Gasteiger partial charge >= 0.3 is 0 Å². The second-order valence-corrected chi connectivity index (χ2v) is 8.32. The molecule has 2 N–H and O–H groups in total. The molecule has 2 aliphatic heterocycles. The summed E-state index contributed by atoms with van der Waals surface area (Å²) in [7, 11) is 1.63. The highest BCUT2D eigenvalue weighted by Crippen LogP contribution is 2.43. The molecule has 0 aromatic heterocycles. The van der Waals surface area contributed by atoms with Crippen LogP contribution in [0.5, 0.6) is 5.75 Å². The summed E-state index contributed by atoms with van der Waals surface area (Å²) in [5.41, 5.74) is 3.87. The van der Waals surface area contributed by atoms with Crippen molar-refractivity contribution in [1.82, 2.24) is 15.5 Å². The minimum atomic E-state index is -0.363. The highest BCUT2D eigenvalue weighted by Gasteiger charge is 2.37. The van der Waals surface area contributed by atoms with Gasteiger partial charge in [0.2, 0.25) is 0 Å². The van der Waals surface area contributed by atoms with Crippen molar-refractivity contribution in [2.75, 3.05) is 33.2 Å². The van der Waals surface area contributed by atoms with Gasteiger partial charge in [-0.25, -0.2) is 0 Å². The highest BCUT2D eigenvalue weighted by molar-refractivity contribution is 5.97. The molecule has 1 spiro atoms. The van der Waals surface area contributed by atoms with Crippen LogP contribution in [0.2, 0.25) is 0 Å². The van der Waals surface area contributed by atoms with E-state index < -0.39 is 0 Å². The van der Waals surface area contributed by atoms with E-state index in [1.807, 2.05) is 69.0 Å². The lowest BCUT2D eigenvalue weighted by molar-refractivity contribution is 0.0772. The van der Waals surface area contributed by atoms with Gasteiger partial charge in [-0.05, 0) is 74.5 Å². The molecule has 4 rings (SSSR count). The van der Waals surface area contributed by atoms with Crippen LogP contribution < -0.4 is 15.4 Å². The molecule has 2 amide bonds. The number of piperidine rings is 1. The third-order valence-corrected chi connectivity index (χ3v) is 6.42. The van der Waals surface area contributed by atoms with Gasteiger partial charge in [0.1, 0.15) is 11.4 Å². The van der Waals surface area contributed by atoms with Crippen LogP contribution in [0.1, 0.15) is 72.4 Å². The largest absolute Gasteiger partial charge is 0.482 e. The smallest absolute Gasteiger partial charge is 0.253 e. The van der Waals surface area contributed by atoms with Gasteiger partial charge in [-0.15, -0.1) is 0 Å². The molecule has 6 nitrogen and oxygen atoms in total. The molecule has 1 saturated heterocycles. The van der Waals surface area contributed by atoms with Crippen molar-refractivity contribution in [3.05, 3.63) is 70.8 Å². The fraction of sp³-hybridized carbons (Fsp3) is 0.429. The number of carbonyl (C=O) groups excluding carboxylic acids is 2. The molecule has 0 bridgehead atoms. The van der Waals surface area contributed by atoms with E-state index in [0.29, 0.717) is 24.2 Å². The number of benzene rings is 2. The van der Waals surface area contributed by atoms with Crippen molar-refractivity contribution in [2.45, 2.75) is 46.1 Å². The molecule has 2 aliphatic rings. The van der Waals surface area contributed by atoms with E-state index >= 15 is 0 Å². The van der Waals surface area contributed by atoms with Crippen molar-refractivity contribution in [1.29, 1.82) is 0 Å². The van der Waals surface area contributed by atoms with Crippen molar-refractivity contribution in [3.63, 3.8) is 0 Å². The number of amides is 2. The number of ether oxygens (including phenoxy) is 1. The molecule has 0 saturated carbocycles. The summed E-state index contributed by atoms with van der Waals surface area (Å²) in [4.78, 5) is 26.8. The first-order chi connectivity index (χ1) is 16.5. The quantitative estimate of drug-likeness (QED) is 0.685. The van der Waals surface area contributed by atoms with Crippen molar-refractivity contribution in [3.8, 4) is 5.75 Å². The van der Waals surface area contributed by atoms with E-state index in [9.17, 15) is 9.59 Å². The van der Waals surface area contributed by atoms with Crippen molar-refractivity contribution < 1.29 is 14.3 Å². The summed E-state index contributed by atoms with van der Waals surface area (Å²) in [6, 6.07) is 13.4. The minimum Gasteiger partial charge on any atom is -0.482 e. The number of rotatable bonds is 5. The molecule has 0 aliphatic carbocycles. The Morgan fingerprint density at radius 1 is 1.00 bits per heavy atom. The van der Waals surface area contributed by atoms with Gasteiger partial charge in [-0.3, -0.25) is 9.59 Å². The van der Waals surface area contributed by atoms with Crippen molar-refractivity contribution >= 4 is 17.4 Å². The normalized spacial score (nSPS) is 15.7. The number of fused-ring (bicyclic) bond motifs is 1. The lowest BCUT2D eigenvalue weighted by Crippen LogP contribution is -2.46. The van der Waals surface area contributed by atoms with Crippen LogP contribution in [-0.2, 0) is 0 Å². The average Bonchev–Trinajstić information content (AvgIpc) is 2.90. The molecule has 2 aromatic rings. The summed E-state index contributed by atoms with van der Waals surface area (Å²) >= 11 is 0. The van der Waals surface area contributed by atoms with Gasteiger partial charge in [-0.1, -0.05) is 26.0 Å². The standard InChI is InChI=1S/C26H31N3O3.C2H6/c1-4-29(5-2)25(31)19-8-6-18(7-9-19)22-17-26(12-14-28-15-13-26)32-23-11-10-20(16-21(22)23)24(30)27-3;1-2/h6-11,16-17,28H,4-5,12-15H2,1-3H3,(H,27,30);1-2H3. The van der Waals surface area contributed by atoms with Gasteiger partial charge in [0.25, 0.3) is 11.8 Å². The minimum absolute atomic E-state index is 0.0413. The van der Waals surface area contributed by atoms with Gasteiger partial charge in [0, 0.05) is 49.7 Å². The summed E-state index contributed by atoms with van der Waals surface area (Å²) < 4.78 is 6.49. The molecule has 1 fully saturated rings. The lowest BCUT2D eigenvalue weighted by atomic mass is 9.83. The fourth-order valence-corrected chi connectivity index (χ4v) is 4.53. The Morgan fingerprint density at radius 2 is 1.62 bits per heavy atom. The average molecular weight is 464 g/mol. The Hall–Kier alpha value is -3.12. The van der Waals surface area contributed by atoms with Gasteiger partial charge in [0.15, 0.2) is 0 Å². The van der Waals surface area contributed by atoms with Crippen LogP contribution >= 0.6 is 0 Å². The first-order valence-electron chi connectivity index (χ1n) is 12.4. The van der Waals surface area contributed by atoms with E-state index in [4.69, 9.17) is 4.74 Å². The maximum atomic E-state index is 12.7. The maximum absolute atomic E-state index is 12.7. The van der Waals surface area contributed by atoms with E-state index in [0.717, 1.165) is 48.4 Å². The van der Waals surface area contributed by atoms with E-state index in [1.54, 1.807) is 13.1 Å². The molecule has 6 heteroatoms. The SMILES string of the molecule is CC.CCN(CC)C(=O)c1ccc(C2=CC3(CCNCC3)Oc3ccc(C(=O)NC)cc32)cc1. The molecular weight excluding hydrogens is 426 g/mol. The third kappa shape index (κ3) is 5.17. The molecule has 0 unspecified atom stereocenters. The maximum Gasteiger partial charge on any atom is 0.253 e. The van der Waals surface area contributed by atoms with Crippen LogP contribution in [0.15, 0.2) is 48.5 Å². The van der Waals surface area contributed by atoms with Crippen LogP contribution in [-0.4, -0.2) is 55.5 Å². The first-order valence-corrected chi connectivity index (χ1v) is 12.4. The molecule has 0 radical (unpaired) electrons. The predicted molar refractivity (Wildman–Crippen MR) is 137 cm³/mol. The molecule has 2 heterocycles. The fourth-order valence-electron chi connectivity index (χ4n) is 4.53. The van der Waals surface area contributed by atoms with Gasteiger partial charge in [0.05, 0.1) is 0 Å². The molecular formula is C28H37N3O3. The number of hydrogen-bond acceptors (Lipinski definition) is 4. The predicted octanol–water partition coefficient (Wildman–Crippen LogP) is 4.50. The summed E-state index contributed by atoms with van der Waals surface area (Å²) in [5, 5.41) is 6.10. The monoisotopic (exact) mass is 463 g/mol. The second kappa shape index (κ2) is 11.3. The molecule has 34 heavy (non-hydrogen) atoms. The highest BCUT2D eigenvalue weighted by atomic mass is 16.5. The van der Waals surface area contributed by atoms with E-state index in [1.165, 1.54) is 0 Å². The van der Waals surface area contributed by atoms with E-state index in [2.05, 4.69) is 16.7 Å². The molecule has 2 aromatic carbocycles. The Labute approximate surface area is 203 Å². The van der Waals surface area contributed by atoms with E-state index in [-0.39, 0.29) is 17.4 Å². The van der Waals surface area contributed by atoms with Crippen molar-refractivity contribution in [2.24, 2.45) is 0 Å².